The molecule has 96 valence electrons. The van der Waals surface area contributed by atoms with E-state index in [0.29, 0.717) is 15.9 Å². The number of nitrogens with one attached hydrogen (secondary N) is 1. The van der Waals surface area contributed by atoms with Crippen molar-refractivity contribution >= 4 is 41.3 Å². The lowest BCUT2D eigenvalue weighted by Gasteiger charge is -2.26. The van der Waals surface area contributed by atoms with Crippen molar-refractivity contribution in [2.24, 2.45) is 5.73 Å². The van der Waals surface area contributed by atoms with Crippen LogP contribution in [0.25, 0.3) is 0 Å². The van der Waals surface area contributed by atoms with Crippen molar-refractivity contribution in [3.05, 3.63) is 21.3 Å². The zero-order chi connectivity index (χ0) is 11.5. The van der Waals surface area contributed by atoms with E-state index in [1.165, 1.54) is 11.3 Å². The van der Waals surface area contributed by atoms with E-state index < -0.39 is 0 Å². The van der Waals surface area contributed by atoms with Crippen molar-refractivity contribution in [2.75, 3.05) is 0 Å². The summed E-state index contributed by atoms with van der Waals surface area (Å²) >= 11 is 7.28. The number of halogens is 2. The standard InChI is InChI=1S/C11H15ClN2OS.ClH/c12-9-5-6-16-10(9)11(15)14-8-3-1-7(13)2-4-8;/h5-8H,1-4,13H2,(H,14,15);1H. The molecule has 0 unspecified atom stereocenters. The molecule has 0 saturated heterocycles. The van der Waals surface area contributed by atoms with Gasteiger partial charge in [-0.05, 0) is 37.1 Å². The van der Waals surface area contributed by atoms with Crippen LogP contribution in [0.3, 0.4) is 0 Å². The van der Waals surface area contributed by atoms with E-state index >= 15 is 0 Å². The fraction of sp³-hybridized carbons (Fsp3) is 0.545. The summed E-state index contributed by atoms with van der Waals surface area (Å²) in [5.41, 5.74) is 5.81. The number of carbonyl (C=O) groups is 1. The minimum Gasteiger partial charge on any atom is -0.349 e. The third kappa shape index (κ3) is 3.85. The largest absolute Gasteiger partial charge is 0.349 e. The molecule has 1 aromatic heterocycles. The Morgan fingerprint density at radius 3 is 2.59 bits per heavy atom. The van der Waals surface area contributed by atoms with Gasteiger partial charge in [0.2, 0.25) is 0 Å². The summed E-state index contributed by atoms with van der Waals surface area (Å²) in [5.74, 6) is -0.0551. The molecule has 2 rings (SSSR count). The molecule has 0 aliphatic heterocycles. The van der Waals surface area contributed by atoms with Crippen LogP contribution in [-0.4, -0.2) is 18.0 Å². The highest BCUT2D eigenvalue weighted by Gasteiger charge is 2.21. The van der Waals surface area contributed by atoms with Crippen LogP contribution >= 0.6 is 35.3 Å². The fourth-order valence-corrected chi connectivity index (χ4v) is 3.01. The second-order valence-corrected chi connectivity index (χ2v) is 5.51. The van der Waals surface area contributed by atoms with Crippen molar-refractivity contribution < 1.29 is 4.79 Å². The molecule has 1 heterocycles. The molecule has 3 nitrogen and oxygen atoms in total. The van der Waals surface area contributed by atoms with E-state index in [-0.39, 0.29) is 24.4 Å². The van der Waals surface area contributed by atoms with E-state index in [0.717, 1.165) is 25.7 Å². The maximum Gasteiger partial charge on any atom is 0.263 e. The van der Waals surface area contributed by atoms with Crippen LogP contribution in [0.4, 0.5) is 0 Å². The number of thiophene rings is 1. The van der Waals surface area contributed by atoms with E-state index in [1.54, 1.807) is 6.07 Å². The average molecular weight is 295 g/mol. The van der Waals surface area contributed by atoms with Crippen LogP contribution in [-0.2, 0) is 0 Å². The molecule has 1 aliphatic carbocycles. The number of hydrogen-bond donors (Lipinski definition) is 2. The van der Waals surface area contributed by atoms with E-state index in [4.69, 9.17) is 17.3 Å². The Morgan fingerprint density at radius 1 is 1.41 bits per heavy atom. The zero-order valence-electron chi connectivity index (χ0n) is 9.32. The van der Waals surface area contributed by atoms with Crippen LogP contribution in [0.15, 0.2) is 11.4 Å². The van der Waals surface area contributed by atoms with Gasteiger partial charge in [-0.25, -0.2) is 0 Å². The Kier molecular flexibility index (Phi) is 5.73. The smallest absolute Gasteiger partial charge is 0.263 e. The Morgan fingerprint density at radius 2 is 2.06 bits per heavy atom. The van der Waals surface area contributed by atoms with Gasteiger partial charge in [0.15, 0.2) is 0 Å². The number of amides is 1. The third-order valence-corrected chi connectivity index (χ3v) is 4.27. The van der Waals surface area contributed by atoms with Crippen molar-refractivity contribution in [1.29, 1.82) is 0 Å². The van der Waals surface area contributed by atoms with Crippen LogP contribution in [0.2, 0.25) is 5.02 Å². The SMILES string of the molecule is Cl.NC1CCC(NC(=O)c2sccc2Cl)CC1. The maximum absolute atomic E-state index is 11.9. The topological polar surface area (TPSA) is 55.1 Å². The molecular formula is C11H16Cl2N2OS. The lowest BCUT2D eigenvalue weighted by Crippen LogP contribution is -2.40. The lowest BCUT2D eigenvalue weighted by molar-refractivity contribution is 0.0930. The molecule has 17 heavy (non-hydrogen) atoms. The van der Waals surface area contributed by atoms with E-state index in [9.17, 15) is 4.79 Å². The van der Waals surface area contributed by atoms with Gasteiger partial charge in [0.25, 0.3) is 5.91 Å². The van der Waals surface area contributed by atoms with Crippen molar-refractivity contribution in [1.82, 2.24) is 5.32 Å². The molecule has 0 bridgehead atoms. The summed E-state index contributed by atoms with van der Waals surface area (Å²) in [6, 6.07) is 2.31. The first-order chi connectivity index (χ1) is 7.66. The van der Waals surface area contributed by atoms with Gasteiger partial charge in [0.1, 0.15) is 4.88 Å². The second-order valence-electron chi connectivity index (χ2n) is 4.18. The predicted octanol–water partition coefficient (Wildman–Crippen LogP) is 2.82. The van der Waals surface area contributed by atoms with E-state index in [1.807, 2.05) is 5.38 Å². The molecule has 1 aliphatic rings. The molecule has 1 amide bonds. The minimum absolute atomic E-state index is 0. The Bertz CT molecular complexity index is 375. The van der Waals surface area contributed by atoms with E-state index in [2.05, 4.69) is 5.32 Å². The van der Waals surface area contributed by atoms with Crippen LogP contribution in [0.1, 0.15) is 35.4 Å². The van der Waals surface area contributed by atoms with Gasteiger partial charge in [-0.2, -0.15) is 0 Å². The van der Waals surface area contributed by atoms with Gasteiger partial charge < -0.3 is 11.1 Å². The molecule has 1 aromatic rings. The Hall–Kier alpha value is -0.290. The zero-order valence-corrected chi connectivity index (χ0v) is 11.7. The molecule has 1 fully saturated rings. The van der Waals surface area contributed by atoms with Crippen molar-refractivity contribution in [3.8, 4) is 0 Å². The summed E-state index contributed by atoms with van der Waals surface area (Å²) in [7, 11) is 0. The highest BCUT2D eigenvalue weighted by atomic mass is 35.5. The number of rotatable bonds is 2. The third-order valence-electron chi connectivity index (χ3n) is 2.93. The quantitative estimate of drug-likeness (QED) is 0.881. The highest BCUT2D eigenvalue weighted by Crippen LogP contribution is 2.23. The molecule has 0 atom stereocenters. The number of carbonyl (C=O) groups excluding carboxylic acids is 1. The summed E-state index contributed by atoms with van der Waals surface area (Å²) in [6.45, 7) is 0. The summed E-state index contributed by atoms with van der Waals surface area (Å²) < 4.78 is 0. The van der Waals surface area contributed by atoms with Crippen molar-refractivity contribution in [3.63, 3.8) is 0 Å². The fourth-order valence-electron chi connectivity index (χ4n) is 1.97. The summed E-state index contributed by atoms with van der Waals surface area (Å²) in [6.07, 6.45) is 3.91. The molecule has 3 N–H and O–H groups in total. The first-order valence-corrected chi connectivity index (χ1v) is 6.72. The molecular weight excluding hydrogens is 279 g/mol. The van der Waals surface area contributed by atoms with Gasteiger partial charge in [-0.1, -0.05) is 11.6 Å². The molecule has 1 saturated carbocycles. The van der Waals surface area contributed by atoms with Crippen LogP contribution in [0, 0.1) is 0 Å². The molecule has 6 heteroatoms. The first-order valence-electron chi connectivity index (χ1n) is 5.46. The van der Waals surface area contributed by atoms with Crippen LogP contribution < -0.4 is 11.1 Å². The van der Waals surface area contributed by atoms with Crippen LogP contribution in [0.5, 0.6) is 0 Å². The van der Waals surface area contributed by atoms with Gasteiger partial charge in [0.05, 0.1) is 5.02 Å². The van der Waals surface area contributed by atoms with Gasteiger partial charge in [0, 0.05) is 12.1 Å². The molecule has 0 spiro atoms. The Labute approximate surface area is 116 Å². The monoisotopic (exact) mass is 294 g/mol. The summed E-state index contributed by atoms with van der Waals surface area (Å²) in [5, 5.41) is 5.38. The van der Waals surface area contributed by atoms with Gasteiger partial charge in [-0.3, -0.25) is 4.79 Å². The number of hydrogen-bond acceptors (Lipinski definition) is 3. The van der Waals surface area contributed by atoms with Gasteiger partial charge in [-0.15, -0.1) is 23.7 Å². The van der Waals surface area contributed by atoms with Crippen molar-refractivity contribution in [2.45, 2.75) is 37.8 Å². The average Bonchev–Trinajstić information content (AvgIpc) is 2.68. The Balaban J connectivity index is 0.00000144. The highest BCUT2D eigenvalue weighted by molar-refractivity contribution is 7.12. The normalized spacial score (nSPS) is 23.9. The predicted molar refractivity (Wildman–Crippen MR) is 74.3 cm³/mol. The minimum atomic E-state index is -0.0551. The lowest BCUT2D eigenvalue weighted by atomic mass is 9.92. The maximum atomic E-state index is 11.9. The molecule has 0 radical (unpaired) electrons. The van der Waals surface area contributed by atoms with Gasteiger partial charge >= 0.3 is 0 Å². The first kappa shape index (κ1) is 14.8. The number of nitrogens with two attached hydrogens (primary N) is 1. The molecule has 0 aromatic carbocycles. The second kappa shape index (κ2) is 6.59. The summed E-state index contributed by atoms with van der Waals surface area (Å²) in [4.78, 5) is 12.5.